The second kappa shape index (κ2) is 5.29. The minimum absolute atomic E-state index is 0.0107. The molecule has 0 aliphatic heterocycles. The third-order valence-electron chi connectivity index (χ3n) is 2.29. The van der Waals surface area contributed by atoms with Gasteiger partial charge in [0.2, 0.25) is 0 Å². The van der Waals surface area contributed by atoms with Crippen LogP contribution in [0.4, 0.5) is 13.2 Å². The van der Waals surface area contributed by atoms with E-state index in [1.807, 2.05) is 0 Å². The molecule has 0 bridgehead atoms. The maximum absolute atomic E-state index is 12.1. The standard InChI is InChI=1S/C12H13F3O3/c1-7(2)10(18-11(17)12(13,14)15)8-3-5-9(16)6-4-8/h3-7,10,16H,1-2H3. The lowest BCUT2D eigenvalue weighted by atomic mass is 9.99. The van der Waals surface area contributed by atoms with Gasteiger partial charge in [0.15, 0.2) is 0 Å². The molecule has 0 saturated carbocycles. The number of aromatic hydroxyl groups is 1. The van der Waals surface area contributed by atoms with Gasteiger partial charge in [-0.2, -0.15) is 13.2 Å². The van der Waals surface area contributed by atoms with Crippen molar-refractivity contribution in [3.63, 3.8) is 0 Å². The summed E-state index contributed by atoms with van der Waals surface area (Å²) < 4.78 is 40.9. The minimum atomic E-state index is -5.01. The molecule has 0 aromatic heterocycles. The van der Waals surface area contributed by atoms with E-state index in [0.29, 0.717) is 5.56 Å². The van der Waals surface area contributed by atoms with E-state index in [0.717, 1.165) is 0 Å². The van der Waals surface area contributed by atoms with Gasteiger partial charge in [-0.15, -0.1) is 0 Å². The summed E-state index contributed by atoms with van der Waals surface area (Å²) in [5.41, 5.74) is 0.403. The molecule has 0 aliphatic rings. The summed E-state index contributed by atoms with van der Waals surface area (Å²) in [6.45, 7) is 3.28. The van der Waals surface area contributed by atoms with Crippen LogP contribution in [0.1, 0.15) is 25.5 Å². The van der Waals surface area contributed by atoms with Gasteiger partial charge in [0, 0.05) is 0 Å². The SMILES string of the molecule is CC(C)C(OC(=O)C(F)(F)F)c1ccc(O)cc1. The highest BCUT2D eigenvalue weighted by molar-refractivity contribution is 5.75. The summed E-state index contributed by atoms with van der Waals surface area (Å²) in [5, 5.41) is 9.10. The molecule has 6 heteroatoms. The van der Waals surface area contributed by atoms with Crippen molar-refractivity contribution in [1.82, 2.24) is 0 Å². The average molecular weight is 262 g/mol. The van der Waals surface area contributed by atoms with Gasteiger partial charge in [0.1, 0.15) is 11.9 Å². The maximum Gasteiger partial charge on any atom is 0.490 e. The maximum atomic E-state index is 12.1. The molecule has 100 valence electrons. The molecule has 1 aromatic rings. The number of halogens is 3. The summed E-state index contributed by atoms with van der Waals surface area (Å²) in [6.07, 6.45) is -6.01. The number of hydrogen-bond donors (Lipinski definition) is 1. The Bertz CT molecular complexity index is 410. The van der Waals surface area contributed by atoms with Crippen LogP contribution in [0.25, 0.3) is 0 Å². The molecule has 3 nitrogen and oxygen atoms in total. The van der Waals surface area contributed by atoms with Crippen molar-refractivity contribution < 1.29 is 27.8 Å². The number of phenolic OH excluding ortho intramolecular Hbond substituents is 1. The average Bonchev–Trinajstić information content (AvgIpc) is 2.25. The van der Waals surface area contributed by atoms with Gasteiger partial charge in [-0.1, -0.05) is 26.0 Å². The Labute approximate surface area is 102 Å². The molecular formula is C12H13F3O3. The van der Waals surface area contributed by atoms with Crippen molar-refractivity contribution in [2.24, 2.45) is 5.92 Å². The number of hydrogen-bond acceptors (Lipinski definition) is 3. The molecule has 0 spiro atoms. The van der Waals surface area contributed by atoms with Crippen molar-refractivity contribution in [1.29, 1.82) is 0 Å². The Balaban J connectivity index is 2.91. The lowest BCUT2D eigenvalue weighted by Gasteiger charge is -2.22. The largest absolute Gasteiger partial charge is 0.508 e. The van der Waals surface area contributed by atoms with Crippen LogP contribution < -0.4 is 0 Å². The number of esters is 1. The number of ether oxygens (including phenoxy) is 1. The van der Waals surface area contributed by atoms with Gasteiger partial charge in [-0.05, 0) is 23.6 Å². The van der Waals surface area contributed by atoms with Crippen LogP contribution in [-0.4, -0.2) is 17.3 Å². The smallest absolute Gasteiger partial charge is 0.490 e. The van der Waals surface area contributed by atoms with Crippen molar-refractivity contribution >= 4 is 5.97 Å². The highest BCUT2D eigenvalue weighted by Gasteiger charge is 2.42. The Morgan fingerprint density at radius 1 is 1.22 bits per heavy atom. The predicted octanol–water partition coefficient (Wildman–Crippen LogP) is 3.19. The zero-order valence-corrected chi connectivity index (χ0v) is 9.86. The second-order valence-electron chi connectivity index (χ2n) is 4.16. The van der Waals surface area contributed by atoms with Gasteiger partial charge >= 0.3 is 12.1 Å². The third kappa shape index (κ3) is 3.65. The van der Waals surface area contributed by atoms with Gasteiger partial charge in [0.25, 0.3) is 0 Å². The van der Waals surface area contributed by atoms with E-state index in [4.69, 9.17) is 5.11 Å². The molecule has 0 heterocycles. The first-order valence-corrected chi connectivity index (χ1v) is 5.28. The van der Waals surface area contributed by atoms with Crippen LogP contribution in [0.5, 0.6) is 5.75 Å². The Kier molecular flexibility index (Phi) is 4.21. The Morgan fingerprint density at radius 3 is 2.11 bits per heavy atom. The fraction of sp³-hybridized carbons (Fsp3) is 0.417. The van der Waals surface area contributed by atoms with E-state index >= 15 is 0 Å². The zero-order chi connectivity index (χ0) is 13.9. The van der Waals surface area contributed by atoms with Gasteiger partial charge in [-0.3, -0.25) is 0 Å². The molecule has 18 heavy (non-hydrogen) atoms. The molecule has 1 N–H and O–H groups in total. The van der Waals surface area contributed by atoms with Gasteiger partial charge < -0.3 is 9.84 Å². The van der Waals surface area contributed by atoms with Crippen molar-refractivity contribution in [2.75, 3.05) is 0 Å². The zero-order valence-electron chi connectivity index (χ0n) is 9.86. The van der Waals surface area contributed by atoms with Crippen LogP contribution in [0, 0.1) is 5.92 Å². The first-order valence-electron chi connectivity index (χ1n) is 5.28. The fourth-order valence-corrected chi connectivity index (χ4v) is 1.44. The summed E-state index contributed by atoms with van der Waals surface area (Å²) in [5.74, 6) is -2.54. The van der Waals surface area contributed by atoms with Crippen molar-refractivity contribution in [3.05, 3.63) is 29.8 Å². The lowest BCUT2D eigenvalue weighted by molar-refractivity contribution is -0.207. The molecule has 1 aromatic carbocycles. The monoisotopic (exact) mass is 262 g/mol. The van der Waals surface area contributed by atoms with E-state index in [1.54, 1.807) is 13.8 Å². The number of carbonyl (C=O) groups is 1. The number of benzene rings is 1. The van der Waals surface area contributed by atoms with E-state index in [9.17, 15) is 18.0 Å². The quantitative estimate of drug-likeness (QED) is 0.851. The van der Waals surface area contributed by atoms with Gasteiger partial charge in [0.05, 0.1) is 0 Å². The first-order chi connectivity index (χ1) is 8.21. The topological polar surface area (TPSA) is 46.5 Å². The summed E-state index contributed by atoms with van der Waals surface area (Å²) in [6, 6.07) is 5.49. The van der Waals surface area contributed by atoms with Crippen LogP contribution in [0.2, 0.25) is 0 Å². The van der Waals surface area contributed by atoms with Gasteiger partial charge in [-0.25, -0.2) is 4.79 Å². The lowest BCUT2D eigenvalue weighted by Crippen LogP contribution is -2.28. The molecule has 0 amide bonds. The Morgan fingerprint density at radius 2 is 1.72 bits per heavy atom. The summed E-state index contributed by atoms with van der Waals surface area (Å²) >= 11 is 0. The van der Waals surface area contributed by atoms with E-state index in [-0.39, 0.29) is 11.7 Å². The first kappa shape index (κ1) is 14.3. The van der Waals surface area contributed by atoms with E-state index in [2.05, 4.69) is 4.74 Å². The number of carbonyl (C=O) groups excluding carboxylic acids is 1. The van der Waals surface area contributed by atoms with Crippen LogP contribution in [-0.2, 0) is 9.53 Å². The van der Waals surface area contributed by atoms with E-state index < -0.39 is 18.2 Å². The fourth-order valence-electron chi connectivity index (χ4n) is 1.44. The molecule has 0 fully saturated rings. The molecule has 1 unspecified atom stereocenters. The highest BCUT2D eigenvalue weighted by Crippen LogP contribution is 2.30. The highest BCUT2D eigenvalue weighted by atomic mass is 19.4. The molecule has 1 rings (SSSR count). The van der Waals surface area contributed by atoms with Crippen LogP contribution >= 0.6 is 0 Å². The number of rotatable bonds is 3. The number of phenols is 1. The van der Waals surface area contributed by atoms with Crippen LogP contribution in [0.3, 0.4) is 0 Å². The van der Waals surface area contributed by atoms with E-state index in [1.165, 1.54) is 24.3 Å². The van der Waals surface area contributed by atoms with Crippen LogP contribution in [0.15, 0.2) is 24.3 Å². The van der Waals surface area contributed by atoms with Crippen molar-refractivity contribution in [3.8, 4) is 5.75 Å². The number of alkyl halides is 3. The summed E-state index contributed by atoms with van der Waals surface area (Å²) in [7, 11) is 0. The molecule has 0 aliphatic carbocycles. The Hall–Kier alpha value is -1.72. The third-order valence-corrected chi connectivity index (χ3v) is 2.29. The molecule has 1 atom stereocenters. The predicted molar refractivity (Wildman–Crippen MR) is 57.8 cm³/mol. The second-order valence-corrected chi connectivity index (χ2v) is 4.16. The summed E-state index contributed by atoms with van der Waals surface area (Å²) in [4.78, 5) is 10.8. The van der Waals surface area contributed by atoms with Crippen molar-refractivity contribution in [2.45, 2.75) is 26.1 Å². The molecule has 0 radical (unpaired) electrons. The molecular weight excluding hydrogens is 249 g/mol. The normalized spacial score (nSPS) is 13.4. The minimum Gasteiger partial charge on any atom is -0.508 e. The molecule has 0 saturated heterocycles.